The first-order valence-electron chi connectivity index (χ1n) is 34.9. The number of benzene rings is 4. The normalized spacial score (nSPS) is 20.6. The number of hydrogen-bond acceptors (Lipinski definition) is 6. The van der Waals surface area contributed by atoms with E-state index in [1.807, 2.05) is 67.6 Å². The molecular formula is C85H98CoN8O4. The monoisotopic (exact) mass is 1350 g/mol. The van der Waals surface area contributed by atoms with E-state index in [0.29, 0.717) is 89.8 Å². The van der Waals surface area contributed by atoms with Crippen LogP contribution in [0.5, 0.6) is 0 Å². The summed E-state index contributed by atoms with van der Waals surface area (Å²) in [6.07, 6.45) is 11.1. The molecule has 0 saturated heterocycles. The van der Waals surface area contributed by atoms with Gasteiger partial charge in [-0.2, -0.15) is 0 Å². The zero-order chi connectivity index (χ0) is 70.0. The SMILES string of the molecule is CC(C)(C)c1cc(-c2c3nc(c(-c4c(NC(=O)[C@H]5CC5(C)C)cccc4NC(=O)[C@@]4(C)CC4(C)C)c4ccc([n-]4)c(-c4cc(C(C)(C)C)cc(C(C)(C)C)c4)c4nc(c(-c5c(NC(=O)[C@H]6CC6(C)C)cccc5NC(=O)[C@H]5CC5(C)C)c5ccc2[n-]5)C=C4)C=C3)cc(C(C)(C)C)c1.[Co+2]. The molecule has 3 aromatic heterocycles. The summed E-state index contributed by atoms with van der Waals surface area (Å²) in [4.78, 5) is 82.1. The molecule has 511 valence electrons. The molecule has 8 bridgehead atoms. The molecule has 0 unspecified atom stereocenters. The number of anilines is 4. The molecular weight excluding hydrogens is 1260 g/mol. The maximum Gasteiger partial charge on any atom is 2.00 e. The van der Waals surface area contributed by atoms with Crippen LogP contribution in [0.25, 0.3) is 90.9 Å². The van der Waals surface area contributed by atoms with Gasteiger partial charge in [-0.05, 0) is 173 Å². The van der Waals surface area contributed by atoms with Gasteiger partial charge in [0, 0.05) is 28.9 Å². The minimum absolute atomic E-state index is 0. The number of carbonyl (C=O) groups excluding carboxylic acids is 4. The van der Waals surface area contributed by atoms with E-state index in [-0.39, 0.29) is 101 Å². The van der Waals surface area contributed by atoms with Crippen LogP contribution in [0.15, 0.2) is 97.1 Å². The Bertz CT molecular complexity index is 4580. The Morgan fingerprint density at radius 2 is 0.643 bits per heavy atom. The van der Waals surface area contributed by atoms with Gasteiger partial charge >= 0.3 is 16.8 Å². The topological polar surface area (TPSA) is 170 Å². The zero-order valence-electron chi connectivity index (χ0n) is 61.4. The molecule has 4 aliphatic carbocycles. The van der Waals surface area contributed by atoms with Crippen LogP contribution in [0, 0.1) is 44.8 Å². The van der Waals surface area contributed by atoms with E-state index in [1.165, 1.54) is 0 Å². The number of fused-ring (bicyclic) bond motifs is 8. The average Bonchev–Trinajstić information content (AvgIpc) is 1.56. The van der Waals surface area contributed by atoms with Gasteiger partial charge in [0.15, 0.2) is 0 Å². The number of aromatic nitrogens is 4. The van der Waals surface area contributed by atoms with Crippen molar-refractivity contribution in [1.29, 1.82) is 0 Å². The number of carbonyl (C=O) groups is 4. The summed E-state index contributed by atoms with van der Waals surface area (Å²) in [6.45, 7) is 45.8. The van der Waals surface area contributed by atoms with Crippen LogP contribution in [0.3, 0.4) is 0 Å². The number of rotatable bonds is 12. The van der Waals surface area contributed by atoms with E-state index in [1.54, 1.807) is 0 Å². The Balaban J connectivity index is 0.00000914. The van der Waals surface area contributed by atoms with Crippen molar-refractivity contribution < 1.29 is 36.0 Å². The second-order valence-electron chi connectivity index (χ2n) is 36.0. The Hall–Kier alpha value is -8.13. The predicted molar refractivity (Wildman–Crippen MR) is 400 cm³/mol. The van der Waals surface area contributed by atoms with Crippen LogP contribution in [0.1, 0.15) is 216 Å². The first-order valence-corrected chi connectivity index (χ1v) is 34.9. The molecule has 5 heterocycles. The minimum Gasteiger partial charge on any atom is -0.657 e. The van der Waals surface area contributed by atoms with Crippen LogP contribution >= 0.6 is 0 Å². The first kappa shape index (κ1) is 69.8. The van der Waals surface area contributed by atoms with E-state index >= 15 is 0 Å². The summed E-state index contributed by atoms with van der Waals surface area (Å²) in [5, 5.41) is 13.6. The van der Waals surface area contributed by atoms with E-state index in [4.69, 9.17) is 19.9 Å². The molecule has 4 aromatic carbocycles. The molecule has 7 aromatic rings. The van der Waals surface area contributed by atoms with Crippen LogP contribution in [-0.2, 0) is 57.6 Å². The number of amides is 4. The van der Waals surface area contributed by atoms with Gasteiger partial charge in [0.25, 0.3) is 0 Å². The van der Waals surface area contributed by atoms with E-state index < -0.39 is 5.41 Å². The third kappa shape index (κ3) is 13.0. The predicted octanol–water partition coefficient (Wildman–Crippen LogP) is 20.1. The molecule has 13 heteroatoms. The van der Waals surface area contributed by atoms with Crippen molar-refractivity contribution in [2.75, 3.05) is 21.3 Å². The van der Waals surface area contributed by atoms with Crippen LogP contribution in [0.2, 0.25) is 0 Å². The molecule has 0 spiro atoms. The largest absolute Gasteiger partial charge is 2.00 e. The van der Waals surface area contributed by atoms with Gasteiger partial charge in [-0.25, -0.2) is 9.97 Å². The standard InChI is InChI=1S/C85H100N8O4.Co/c1-77(2,3)48-36-46(37-49(40-48)78(4,5)6)67-59-28-32-63(86-59)71(69-55(90-73(94)52-42-81(52,13)14)24-22-25-56(69)91-74(95)53-43-82(53,15)16)64-33-29-60(87-64)68(47-38-50(79(7,8)9)41-51(39-47)80(10,11)12)62-31-35-66(89-62)72(65-34-30-61(67)88-65)70-57(92-75(96)54-44-83(54,17)18)26-23-27-58(70)93-76(97)85(21)45-84(85,19)20;/h22-41,52-54H,42-45H2,1-21H3,(H6,86,87,88,89,90,91,92,93,94,95,96,97);/q;+2/p-2/t52-,53-,54-,85-;/m1./s1. The summed E-state index contributed by atoms with van der Waals surface area (Å²) >= 11 is 0. The summed E-state index contributed by atoms with van der Waals surface area (Å²) in [5.74, 6) is -0.993. The van der Waals surface area contributed by atoms with Crippen molar-refractivity contribution in [3.05, 3.63) is 142 Å². The Morgan fingerprint density at radius 1 is 0.388 bits per heavy atom. The number of hydrogen-bond donors (Lipinski definition) is 4. The molecule has 4 amide bonds. The average molecular weight is 1350 g/mol. The third-order valence-electron chi connectivity index (χ3n) is 22.3. The quantitative estimate of drug-likeness (QED) is 0.0936. The molecule has 4 saturated carbocycles. The van der Waals surface area contributed by atoms with Gasteiger partial charge in [0.2, 0.25) is 23.6 Å². The van der Waals surface area contributed by atoms with Crippen molar-refractivity contribution in [3.63, 3.8) is 0 Å². The molecule has 1 radical (unpaired) electrons. The minimum atomic E-state index is -0.639. The van der Waals surface area contributed by atoms with Gasteiger partial charge in [0.05, 0.1) is 50.9 Å². The molecule has 4 atom stereocenters. The van der Waals surface area contributed by atoms with Crippen molar-refractivity contribution in [1.82, 2.24) is 19.9 Å². The van der Waals surface area contributed by atoms with Crippen LogP contribution < -0.4 is 31.2 Å². The van der Waals surface area contributed by atoms with Crippen molar-refractivity contribution >= 4 is 92.7 Å². The summed E-state index contributed by atoms with van der Waals surface area (Å²) in [6, 6.07) is 33.3. The van der Waals surface area contributed by atoms with Crippen molar-refractivity contribution in [3.8, 4) is 44.5 Å². The fraction of sp³-hybridized carbons (Fsp3) is 0.435. The molecule has 6 aliphatic rings. The maximum atomic E-state index is 14.9. The number of nitrogens with one attached hydrogen (secondary N) is 4. The zero-order valence-corrected chi connectivity index (χ0v) is 62.4. The van der Waals surface area contributed by atoms with Gasteiger partial charge in [-0.1, -0.05) is 218 Å². The van der Waals surface area contributed by atoms with Gasteiger partial charge < -0.3 is 31.2 Å². The molecule has 4 N–H and O–H groups in total. The summed E-state index contributed by atoms with van der Waals surface area (Å²) < 4.78 is 0. The fourth-order valence-electron chi connectivity index (χ4n) is 14.4. The first-order chi connectivity index (χ1) is 45.0. The van der Waals surface area contributed by atoms with Gasteiger partial charge in [-0.3, -0.25) is 19.2 Å². The smallest absolute Gasteiger partial charge is 0.657 e. The summed E-state index contributed by atoms with van der Waals surface area (Å²) in [7, 11) is 0. The van der Waals surface area contributed by atoms with E-state index in [2.05, 4.69) is 220 Å². The van der Waals surface area contributed by atoms with Crippen molar-refractivity contribution in [2.45, 2.75) is 193 Å². The van der Waals surface area contributed by atoms with Gasteiger partial charge in [-0.15, -0.1) is 22.1 Å². The Kier molecular flexibility index (Phi) is 16.7. The van der Waals surface area contributed by atoms with Crippen LogP contribution in [0.4, 0.5) is 22.7 Å². The fourth-order valence-corrected chi connectivity index (χ4v) is 14.4. The molecule has 13 rings (SSSR count). The Morgan fingerprint density at radius 3 is 0.898 bits per heavy atom. The second kappa shape index (κ2) is 23.5. The van der Waals surface area contributed by atoms with Crippen LogP contribution in [-0.4, -0.2) is 33.6 Å². The molecule has 12 nitrogen and oxygen atoms in total. The molecule has 2 aliphatic heterocycles. The number of nitrogens with zero attached hydrogens (tertiary/aromatic N) is 4. The molecule has 4 fully saturated rings. The van der Waals surface area contributed by atoms with Crippen molar-refractivity contribution in [2.24, 2.45) is 44.8 Å². The molecule has 98 heavy (non-hydrogen) atoms. The maximum absolute atomic E-state index is 14.9. The Labute approximate surface area is 590 Å². The third-order valence-corrected chi connectivity index (χ3v) is 22.3. The van der Waals surface area contributed by atoms with Gasteiger partial charge in [0.1, 0.15) is 0 Å². The van der Waals surface area contributed by atoms with E-state index in [9.17, 15) is 19.2 Å². The second-order valence-corrected chi connectivity index (χ2v) is 36.0. The van der Waals surface area contributed by atoms with E-state index in [0.717, 1.165) is 70.2 Å². The summed E-state index contributed by atoms with van der Waals surface area (Å²) in [5.41, 5.74) is 14.9.